The van der Waals surface area contributed by atoms with Crippen molar-refractivity contribution in [1.82, 2.24) is 15.2 Å². The molecule has 0 unspecified atom stereocenters. The number of hydrogen-bond acceptors (Lipinski definition) is 3. The van der Waals surface area contributed by atoms with Gasteiger partial charge in [-0.2, -0.15) is 0 Å². The van der Waals surface area contributed by atoms with Crippen molar-refractivity contribution in [2.24, 2.45) is 0 Å². The minimum absolute atomic E-state index is 0.0204. The molecule has 3 amide bonds. The van der Waals surface area contributed by atoms with Gasteiger partial charge in [0.2, 0.25) is 0 Å². The summed E-state index contributed by atoms with van der Waals surface area (Å²) in [6.45, 7) is 1.86. The zero-order valence-corrected chi connectivity index (χ0v) is 13.9. The van der Waals surface area contributed by atoms with Gasteiger partial charge in [-0.1, -0.05) is 24.3 Å². The number of likely N-dealkylation sites (tertiary alicyclic amines) is 1. The highest BCUT2D eigenvalue weighted by atomic mass is 16.2. The van der Waals surface area contributed by atoms with Crippen LogP contribution in [-0.4, -0.2) is 47.5 Å². The van der Waals surface area contributed by atoms with Gasteiger partial charge in [0.15, 0.2) is 0 Å². The van der Waals surface area contributed by atoms with Crippen LogP contribution in [0.3, 0.4) is 0 Å². The average Bonchev–Trinajstić information content (AvgIpc) is 3.28. The Bertz CT molecular complexity index is 793. The highest BCUT2D eigenvalue weighted by molar-refractivity contribution is 5.95. The molecule has 1 aromatic carbocycles. The number of nitrogens with zero attached hydrogens (tertiary/aromatic N) is 3. The van der Waals surface area contributed by atoms with Crippen molar-refractivity contribution in [2.45, 2.75) is 18.9 Å². The molecule has 1 N–H and O–H groups in total. The Hall–Kier alpha value is -2.89. The molecule has 3 heterocycles. The molecule has 2 aliphatic rings. The van der Waals surface area contributed by atoms with E-state index in [2.05, 4.69) is 16.4 Å². The summed E-state index contributed by atoms with van der Waals surface area (Å²) in [5.41, 5.74) is 2.64. The first-order valence-electron chi connectivity index (χ1n) is 8.58. The molecule has 0 bridgehead atoms. The van der Waals surface area contributed by atoms with Gasteiger partial charge in [0.25, 0.3) is 5.91 Å². The molecular formula is C19H20N4O2. The van der Waals surface area contributed by atoms with Gasteiger partial charge < -0.3 is 10.2 Å². The van der Waals surface area contributed by atoms with Crippen molar-refractivity contribution in [1.29, 1.82) is 0 Å². The second-order valence-electron chi connectivity index (χ2n) is 6.43. The fraction of sp³-hybridized carbons (Fsp3) is 0.316. The van der Waals surface area contributed by atoms with Crippen LogP contribution in [0.1, 0.15) is 22.5 Å². The Balaban J connectivity index is 1.37. The number of urea groups is 1. The number of para-hydroxylation sites is 1. The third-order valence-corrected chi connectivity index (χ3v) is 4.82. The van der Waals surface area contributed by atoms with Gasteiger partial charge in [-0.05, 0) is 36.6 Å². The number of amides is 3. The zero-order chi connectivity index (χ0) is 17.2. The molecule has 1 atom stereocenters. The minimum Gasteiger partial charge on any atom is -0.335 e. The summed E-state index contributed by atoms with van der Waals surface area (Å²) >= 11 is 0. The molecular weight excluding hydrogens is 316 g/mol. The molecule has 0 saturated carbocycles. The second kappa shape index (κ2) is 6.55. The predicted molar refractivity (Wildman–Crippen MR) is 94.6 cm³/mol. The van der Waals surface area contributed by atoms with Gasteiger partial charge >= 0.3 is 6.03 Å². The van der Waals surface area contributed by atoms with Crippen LogP contribution in [0.2, 0.25) is 0 Å². The van der Waals surface area contributed by atoms with Crippen LogP contribution in [0, 0.1) is 0 Å². The van der Waals surface area contributed by atoms with Crippen LogP contribution in [-0.2, 0) is 6.42 Å². The highest BCUT2D eigenvalue weighted by Crippen LogP contribution is 2.27. The van der Waals surface area contributed by atoms with Crippen LogP contribution in [0.25, 0.3) is 0 Å². The van der Waals surface area contributed by atoms with E-state index < -0.39 is 0 Å². The minimum atomic E-state index is -0.0814. The monoisotopic (exact) mass is 336 g/mol. The van der Waals surface area contributed by atoms with E-state index in [0.29, 0.717) is 25.3 Å². The fourth-order valence-corrected chi connectivity index (χ4v) is 3.52. The van der Waals surface area contributed by atoms with Crippen molar-refractivity contribution in [3.8, 4) is 0 Å². The number of carbonyl (C=O) groups excluding carboxylic acids is 2. The number of rotatable bonds is 2. The first-order chi connectivity index (χ1) is 12.2. The number of nitrogens with one attached hydrogen (secondary N) is 1. The van der Waals surface area contributed by atoms with E-state index in [4.69, 9.17) is 0 Å². The number of anilines is 1. The molecule has 4 rings (SSSR count). The van der Waals surface area contributed by atoms with Crippen LogP contribution in [0.4, 0.5) is 10.5 Å². The molecule has 25 heavy (non-hydrogen) atoms. The molecule has 0 radical (unpaired) electrons. The van der Waals surface area contributed by atoms with Crippen molar-refractivity contribution < 1.29 is 9.59 Å². The Morgan fingerprint density at radius 3 is 2.76 bits per heavy atom. The molecule has 1 aromatic heterocycles. The van der Waals surface area contributed by atoms with E-state index in [1.807, 2.05) is 18.2 Å². The summed E-state index contributed by atoms with van der Waals surface area (Å²) < 4.78 is 0. The summed E-state index contributed by atoms with van der Waals surface area (Å²) in [6, 6.07) is 13.2. The largest absolute Gasteiger partial charge is 0.335 e. The van der Waals surface area contributed by atoms with Crippen LogP contribution in [0.5, 0.6) is 0 Å². The number of benzene rings is 1. The number of carbonyl (C=O) groups is 2. The van der Waals surface area contributed by atoms with Crippen molar-refractivity contribution in [3.63, 3.8) is 0 Å². The van der Waals surface area contributed by atoms with E-state index in [-0.39, 0.29) is 18.0 Å². The quantitative estimate of drug-likeness (QED) is 0.913. The van der Waals surface area contributed by atoms with E-state index in [1.54, 1.807) is 34.2 Å². The van der Waals surface area contributed by atoms with E-state index in [9.17, 15) is 9.59 Å². The Morgan fingerprint density at radius 1 is 1.08 bits per heavy atom. The number of fused-ring (bicyclic) bond motifs is 1. The van der Waals surface area contributed by atoms with Gasteiger partial charge in [0, 0.05) is 37.6 Å². The maximum Gasteiger partial charge on any atom is 0.322 e. The molecule has 0 spiro atoms. The highest BCUT2D eigenvalue weighted by Gasteiger charge is 2.31. The number of hydrogen-bond donors (Lipinski definition) is 1. The van der Waals surface area contributed by atoms with Crippen molar-refractivity contribution in [3.05, 3.63) is 59.9 Å². The zero-order valence-electron chi connectivity index (χ0n) is 13.9. The third kappa shape index (κ3) is 3.07. The molecule has 2 aliphatic heterocycles. The molecule has 6 heteroatoms. The first-order valence-corrected chi connectivity index (χ1v) is 8.58. The van der Waals surface area contributed by atoms with Gasteiger partial charge in [-0.25, -0.2) is 4.79 Å². The topological polar surface area (TPSA) is 65.5 Å². The van der Waals surface area contributed by atoms with Crippen LogP contribution >= 0.6 is 0 Å². The fourth-order valence-electron chi connectivity index (χ4n) is 3.52. The molecule has 0 aliphatic carbocycles. The Kier molecular flexibility index (Phi) is 4.09. The second-order valence-corrected chi connectivity index (χ2v) is 6.43. The summed E-state index contributed by atoms with van der Waals surface area (Å²) in [5, 5.41) is 3.07. The average molecular weight is 336 g/mol. The maximum atomic E-state index is 12.6. The maximum absolute atomic E-state index is 12.6. The predicted octanol–water partition coefficient (Wildman–Crippen LogP) is 2.07. The van der Waals surface area contributed by atoms with Gasteiger partial charge in [0.05, 0.1) is 0 Å². The first kappa shape index (κ1) is 15.6. The third-order valence-electron chi connectivity index (χ3n) is 4.82. The smallest absolute Gasteiger partial charge is 0.322 e. The van der Waals surface area contributed by atoms with Crippen molar-refractivity contribution >= 4 is 17.6 Å². The molecule has 128 valence electrons. The summed E-state index contributed by atoms with van der Waals surface area (Å²) in [6.07, 6.45) is 3.27. The SMILES string of the molecule is O=C(c1ccccn1)N1CC[C@H](NC(=O)N2CCc3ccccc32)C1. The lowest BCUT2D eigenvalue weighted by atomic mass is 10.2. The standard InChI is InChI=1S/C19H20N4O2/c24-18(16-6-3-4-10-20-16)22-11-9-15(13-22)21-19(25)23-12-8-14-5-1-2-7-17(14)23/h1-7,10,15H,8-9,11-13H2,(H,21,25)/t15-/m0/s1. The summed E-state index contributed by atoms with van der Waals surface area (Å²) in [5.74, 6) is -0.0798. The molecule has 1 fully saturated rings. The van der Waals surface area contributed by atoms with Gasteiger partial charge in [-0.15, -0.1) is 0 Å². The van der Waals surface area contributed by atoms with E-state index in [0.717, 1.165) is 18.5 Å². The number of aromatic nitrogens is 1. The van der Waals surface area contributed by atoms with E-state index in [1.165, 1.54) is 5.56 Å². The Labute approximate surface area is 146 Å². The van der Waals surface area contributed by atoms with E-state index >= 15 is 0 Å². The van der Waals surface area contributed by atoms with Crippen LogP contribution < -0.4 is 10.2 Å². The lowest BCUT2D eigenvalue weighted by Crippen LogP contribution is -2.45. The summed E-state index contributed by atoms with van der Waals surface area (Å²) in [7, 11) is 0. The molecule has 2 aromatic rings. The normalized spacial score (nSPS) is 19.0. The number of pyridine rings is 1. The van der Waals surface area contributed by atoms with Gasteiger partial charge in [-0.3, -0.25) is 14.7 Å². The lowest BCUT2D eigenvalue weighted by Gasteiger charge is -2.21. The Morgan fingerprint density at radius 2 is 1.92 bits per heavy atom. The molecule has 1 saturated heterocycles. The molecule has 6 nitrogen and oxygen atoms in total. The summed E-state index contributed by atoms with van der Waals surface area (Å²) in [4.78, 5) is 32.7. The van der Waals surface area contributed by atoms with Gasteiger partial charge in [0.1, 0.15) is 5.69 Å². The lowest BCUT2D eigenvalue weighted by molar-refractivity contribution is 0.0783. The van der Waals surface area contributed by atoms with Crippen LogP contribution in [0.15, 0.2) is 48.7 Å². The van der Waals surface area contributed by atoms with Crippen molar-refractivity contribution in [2.75, 3.05) is 24.5 Å².